The first-order valence-electron chi connectivity index (χ1n) is 5.76. The second-order valence-electron chi connectivity index (χ2n) is 4.35. The van der Waals surface area contributed by atoms with Crippen LogP contribution in [0.5, 0.6) is 0 Å². The lowest BCUT2D eigenvalue weighted by molar-refractivity contribution is 0.315. The van der Waals surface area contributed by atoms with Gasteiger partial charge < -0.3 is 5.43 Å². The van der Waals surface area contributed by atoms with Crippen molar-refractivity contribution in [2.24, 2.45) is 12.9 Å². The maximum absolute atomic E-state index is 5.34. The van der Waals surface area contributed by atoms with Gasteiger partial charge in [-0.25, -0.2) is 10.8 Å². The first kappa shape index (κ1) is 12.5. The summed E-state index contributed by atoms with van der Waals surface area (Å²) in [6, 6.07) is 5.76. The molecule has 0 aliphatic rings. The third-order valence-corrected chi connectivity index (χ3v) is 2.60. The number of hydrogen-bond acceptors (Lipinski definition) is 5. The Labute approximate surface area is 106 Å². The molecule has 3 N–H and O–H groups in total. The summed E-state index contributed by atoms with van der Waals surface area (Å²) in [5.74, 6) is 6.02. The second-order valence-corrected chi connectivity index (χ2v) is 4.35. The van der Waals surface area contributed by atoms with Gasteiger partial charge in [0.25, 0.3) is 0 Å². The quantitative estimate of drug-likeness (QED) is 0.601. The minimum atomic E-state index is 0.683. The lowest BCUT2D eigenvalue weighted by Gasteiger charge is -2.15. The van der Waals surface area contributed by atoms with E-state index in [9.17, 15) is 0 Å². The Bertz CT molecular complexity index is 507. The molecule has 6 heteroatoms. The Morgan fingerprint density at radius 2 is 2.22 bits per heavy atom. The normalized spacial score (nSPS) is 10.9. The van der Waals surface area contributed by atoms with Gasteiger partial charge in [0, 0.05) is 31.9 Å². The molecule has 0 saturated heterocycles. The molecular formula is C12H18N6. The van der Waals surface area contributed by atoms with Crippen molar-refractivity contribution in [3.05, 3.63) is 41.9 Å². The molecule has 2 aromatic heterocycles. The number of nitrogens with two attached hydrogens (primary N) is 1. The molecule has 0 spiro atoms. The van der Waals surface area contributed by atoms with Crippen LogP contribution in [-0.2, 0) is 20.1 Å². The summed E-state index contributed by atoms with van der Waals surface area (Å²) >= 11 is 0. The zero-order chi connectivity index (χ0) is 13.0. The monoisotopic (exact) mass is 246 g/mol. The maximum atomic E-state index is 5.34. The van der Waals surface area contributed by atoms with Gasteiger partial charge in [0.05, 0.1) is 11.9 Å². The summed E-state index contributed by atoms with van der Waals surface area (Å²) < 4.78 is 1.81. The molecule has 0 unspecified atom stereocenters. The lowest BCUT2D eigenvalue weighted by atomic mass is 10.3. The van der Waals surface area contributed by atoms with E-state index in [4.69, 9.17) is 5.84 Å². The molecule has 0 amide bonds. The van der Waals surface area contributed by atoms with Crippen molar-refractivity contribution >= 4 is 5.82 Å². The van der Waals surface area contributed by atoms with Crippen LogP contribution in [-0.4, -0.2) is 26.7 Å². The topological polar surface area (TPSA) is 72.0 Å². The largest absolute Gasteiger partial charge is 0.308 e. The van der Waals surface area contributed by atoms with Crippen molar-refractivity contribution in [3.63, 3.8) is 0 Å². The van der Waals surface area contributed by atoms with Crippen molar-refractivity contribution in [2.75, 3.05) is 12.5 Å². The number of aromatic nitrogens is 3. The number of hydrazine groups is 1. The van der Waals surface area contributed by atoms with E-state index in [1.54, 1.807) is 4.68 Å². The van der Waals surface area contributed by atoms with Gasteiger partial charge in [-0.1, -0.05) is 6.07 Å². The SMILES string of the molecule is CN(Cc1cnn(C)c1)Cc1cccc(NN)n1. The smallest absolute Gasteiger partial charge is 0.140 e. The molecule has 96 valence electrons. The lowest BCUT2D eigenvalue weighted by Crippen LogP contribution is -2.18. The van der Waals surface area contributed by atoms with Crippen molar-refractivity contribution in [3.8, 4) is 0 Å². The predicted octanol–water partition coefficient (Wildman–Crippen LogP) is 0.733. The van der Waals surface area contributed by atoms with Crippen LogP contribution in [0.2, 0.25) is 0 Å². The van der Waals surface area contributed by atoms with Crippen molar-refractivity contribution < 1.29 is 0 Å². The number of rotatable bonds is 5. The minimum absolute atomic E-state index is 0.683. The summed E-state index contributed by atoms with van der Waals surface area (Å²) in [5, 5.41) is 4.15. The summed E-state index contributed by atoms with van der Waals surface area (Å²) in [5.41, 5.74) is 4.72. The van der Waals surface area contributed by atoms with Crippen LogP contribution in [0, 0.1) is 0 Å². The van der Waals surface area contributed by atoms with E-state index in [1.807, 2.05) is 37.6 Å². The molecule has 0 aliphatic heterocycles. The Morgan fingerprint density at radius 1 is 1.39 bits per heavy atom. The van der Waals surface area contributed by atoms with E-state index < -0.39 is 0 Å². The Kier molecular flexibility index (Phi) is 3.91. The third-order valence-electron chi connectivity index (χ3n) is 2.60. The Hall–Kier alpha value is -1.92. The van der Waals surface area contributed by atoms with E-state index in [0.717, 1.165) is 18.8 Å². The zero-order valence-corrected chi connectivity index (χ0v) is 10.7. The van der Waals surface area contributed by atoms with Crippen LogP contribution in [0.25, 0.3) is 0 Å². The predicted molar refractivity (Wildman–Crippen MR) is 70.4 cm³/mol. The van der Waals surface area contributed by atoms with Gasteiger partial charge in [-0.3, -0.25) is 9.58 Å². The highest BCUT2D eigenvalue weighted by atomic mass is 15.3. The number of anilines is 1. The van der Waals surface area contributed by atoms with Crippen LogP contribution in [0.3, 0.4) is 0 Å². The van der Waals surface area contributed by atoms with Gasteiger partial charge in [0.15, 0.2) is 0 Å². The molecule has 0 aliphatic carbocycles. The first-order chi connectivity index (χ1) is 8.67. The fourth-order valence-electron chi connectivity index (χ4n) is 1.85. The molecule has 0 radical (unpaired) electrons. The standard InChI is InChI=1S/C12H18N6/c1-17(7-10-6-14-18(2)8-10)9-11-4-3-5-12(15-11)16-13/h3-6,8H,7,9,13H2,1-2H3,(H,15,16). The van der Waals surface area contributed by atoms with E-state index in [2.05, 4.69) is 27.5 Å². The molecule has 2 heterocycles. The zero-order valence-electron chi connectivity index (χ0n) is 10.7. The van der Waals surface area contributed by atoms with Crippen molar-refractivity contribution in [2.45, 2.75) is 13.1 Å². The van der Waals surface area contributed by atoms with E-state index in [0.29, 0.717) is 5.82 Å². The maximum Gasteiger partial charge on any atom is 0.140 e. The first-order valence-corrected chi connectivity index (χ1v) is 5.76. The fourth-order valence-corrected chi connectivity index (χ4v) is 1.85. The number of pyridine rings is 1. The van der Waals surface area contributed by atoms with Crippen molar-refractivity contribution in [1.82, 2.24) is 19.7 Å². The molecule has 18 heavy (non-hydrogen) atoms. The summed E-state index contributed by atoms with van der Waals surface area (Å²) in [7, 11) is 3.97. The van der Waals surface area contributed by atoms with E-state index >= 15 is 0 Å². The number of nitrogens with zero attached hydrogens (tertiary/aromatic N) is 4. The van der Waals surface area contributed by atoms with Crippen molar-refractivity contribution in [1.29, 1.82) is 0 Å². The second kappa shape index (κ2) is 5.61. The number of hydrogen-bond donors (Lipinski definition) is 2. The Balaban J connectivity index is 1.96. The van der Waals surface area contributed by atoms with Crippen LogP contribution < -0.4 is 11.3 Å². The van der Waals surface area contributed by atoms with Gasteiger partial charge in [0.2, 0.25) is 0 Å². The van der Waals surface area contributed by atoms with Gasteiger partial charge in [0.1, 0.15) is 5.82 Å². The highest BCUT2D eigenvalue weighted by Gasteiger charge is 2.04. The minimum Gasteiger partial charge on any atom is -0.308 e. The number of nitrogen functional groups attached to an aromatic ring is 1. The third kappa shape index (κ3) is 3.28. The molecule has 0 saturated carbocycles. The number of aryl methyl sites for hydroxylation is 1. The van der Waals surface area contributed by atoms with E-state index in [-0.39, 0.29) is 0 Å². The van der Waals surface area contributed by atoms with E-state index in [1.165, 1.54) is 5.56 Å². The van der Waals surface area contributed by atoms with Crippen LogP contribution in [0.4, 0.5) is 5.82 Å². The van der Waals surface area contributed by atoms with Crippen LogP contribution >= 0.6 is 0 Å². The Morgan fingerprint density at radius 3 is 2.89 bits per heavy atom. The molecule has 0 atom stereocenters. The van der Waals surface area contributed by atoms with Gasteiger partial charge in [-0.2, -0.15) is 5.10 Å². The molecule has 2 rings (SSSR count). The molecule has 0 fully saturated rings. The van der Waals surface area contributed by atoms with Crippen LogP contribution in [0.15, 0.2) is 30.6 Å². The highest BCUT2D eigenvalue weighted by Crippen LogP contribution is 2.08. The van der Waals surface area contributed by atoms with Gasteiger partial charge in [-0.05, 0) is 19.2 Å². The fraction of sp³-hybridized carbons (Fsp3) is 0.333. The van der Waals surface area contributed by atoms with Crippen LogP contribution in [0.1, 0.15) is 11.3 Å². The molecular weight excluding hydrogens is 228 g/mol. The number of nitrogens with one attached hydrogen (secondary N) is 1. The molecule has 2 aromatic rings. The highest BCUT2D eigenvalue weighted by molar-refractivity contribution is 5.33. The summed E-state index contributed by atoms with van der Waals surface area (Å²) in [4.78, 5) is 6.56. The summed E-state index contributed by atoms with van der Waals surface area (Å²) in [6.07, 6.45) is 3.89. The average Bonchev–Trinajstić information content (AvgIpc) is 2.74. The van der Waals surface area contributed by atoms with Gasteiger partial charge >= 0.3 is 0 Å². The van der Waals surface area contributed by atoms with Gasteiger partial charge in [-0.15, -0.1) is 0 Å². The molecule has 0 bridgehead atoms. The molecule has 6 nitrogen and oxygen atoms in total. The molecule has 0 aromatic carbocycles. The summed E-state index contributed by atoms with van der Waals surface area (Å²) in [6.45, 7) is 1.61. The average molecular weight is 246 g/mol.